The van der Waals surface area contributed by atoms with Gasteiger partial charge in [-0.15, -0.1) is 0 Å². The number of methoxy groups -OCH3 is 1. The molecule has 0 aromatic heterocycles. The predicted octanol–water partition coefficient (Wildman–Crippen LogP) is 3.79. The van der Waals surface area contributed by atoms with E-state index in [4.69, 9.17) is 4.74 Å². The van der Waals surface area contributed by atoms with Gasteiger partial charge < -0.3 is 14.6 Å². The van der Waals surface area contributed by atoms with Crippen LogP contribution in [0.2, 0.25) is 0 Å². The minimum atomic E-state index is -0.274. The zero-order chi connectivity index (χ0) is 18.9. The summed E-state index contributed by atoms with van der Waals surface area (Å²) in [4.78, 5) is 24.8. The first-order valence-electron chi connectivity index (χ1n) is 10.3. The van der Waals surface area contributed by atoms with Crippen LogP contribution in [-0.4, -0.2) is 53.5 Å². The van der Waals surface area contributed by atoms with Crippen molar-refractivity contribution in [2.45, 2.75) is 108 Å². The standard InChI is InChI=1S/C20H35NO5/c1-15-18-14-12-16(21(18)20(24)26-15)11-13-17(22)9-7-5-3-4-6-8-10-19(23)25-2/h15-18,22H,3-14H2,1-2H3/t15-,16-,17-,18-/m0/s1. The summed E-state index contributed by atoms with van der Waals surface area (Å²) in [5.41, 5.74) is 0. The monoisotopic (exact) mass is 369 g/mol. The molecule has 0 bridgehead atoms. The van der Waals surface area contributed by atoms with Gasteiger partial charge in [0.15, 0.2) is 0 Å². The smallest absolute Gasteiger partial charge is 0.410 e. The number of cyclic esters (lactones) is 1. The van der Waals surface area contributed by atoms with Gasteiger partial charge in [0.2, 0.25) is 0 Å². The van der Waals surface area contributed by atoms with E-state index in [2.05, 4.69) is 4.74 Å². The first-order valence-corrected chi connectivity index (χ1v) is 10.3. The number of nitrogens with zero attached hydrogens (tertiary/aromatic N) is 1. The lowest BCUT2D eigenvalue weighted by Gasteiger charge is -2.22. The van der Waals surface area contributed by atoms with Crippen LogP contribution in [0.25, 0.3) is 0 Å². The maximum atomic E-state index is 11.9. The topological polar surface area (TPSA) is 76.1 Å². The molecule has 2 fully saturated rings. The Morgan fingerprint density at radius 3 is 2.62 bits per heavy atom. The summed E-state index contributed by atoms with van der Waals surface area (Å²) >= 11 is 0. The number of carbonyl (C=O) groups excluding carboxylic acids is 2. The molecule has 0 spiro atoms. The summed E-state index contributed by atoms with van der Waals surface area (Å²) in [5.74, 6) is -0.127. The second kappa shape index (κ2) is 10.8. The van der Waals surface area contributed by atoms with E-state index in [0.29, 0.717) is 6.42 Å². The zero-order valence-electron chi connectivity index (χ0n) is 16.3. The number of aliphatic hydroxyl groups is 1. The molecule has 1 N–H and O–H groups in total. The van der Waals surface area contributed by atoms with Gasteiger partial charge in [0.25, 0.3) is 0 Å². The Balaban J connectivity index is 1.48. The molecule has 0 aromatic carbocycles. The van der Waals surface area contributed by atoms with Gasteiger partial charge in [-0.3, -0.25) is 9.69 Å². The Kier molecular flexibility index (Phi) is 8.69. The number of ether oxygens (including phenoxy) is 2. The summed E-state index contributed by atoms with van der Waals surface area (Å²) in [6.45, 7) is 1.97. The molecule has 0 unspecified atom stereocenters. The Bertz CT molecular complexity index is 455. The molecule has 2 rings (SSSR count). The van der Waals surface area contributed by atoms with Gasteiger partial charge in [0.1, 0.15) is 6.10 Å². The van der Waals surface area contributed by atoms with Gasteiger partial charge in [0.05, 0.1) is 19.3 Å². The number of esters is 1. The second-order valence-electron chi connectivity index (χ2n) is 7.76. The molecule has 0 saturated carbocycles. The highest BCUT2D eigenvalue weighted by Gasteiger charge is 2.46. The second-order valence-corrected chi connectivity index (χ2v) is 7.76. The van der Waals surface area contributed by atoms with E-state index in [1.165, 1.54) is 7.11 Å². The van der Waals surface area contributed by atoms with E-state index < -0.39 is 0 Å². The fourth-order valence-electron chi connectivity index (χ4n) is 4.23. The van der Waals surface area contributed by atoms with Crippen molar-refractivity contribution in [2.75, 3.05) is 7.11 Å². The summed E-state index contributed by atoms with van der Waals surface area (Å²) in [6, 6.07) is 0.478. The number of rotatable bonds is 12. The van der Waals surface area contributed by atoms with Crippen LogP contribution in [-0.2, 0) is 14.3 Å². The molecular formula is C20H35NO5. The van der Waals surface area contributed by atoms with Gasteiger partial charge in [0, 0.05) is 12.5 Å². The number of hydrogen-bond acceptors (Lipinski definition) is 5. The third-order valence-electron chi connectivity index (χ3n) is 5.81. The molecule has 4 atom stereocenters. The van der Waals surface area contributed by atoms with Crippen molar-refractivity contribution in [3.8, 4) is 0 Å². The molecule has 0 aromatic rings. The number of amides is 1. The average molecular weight is 370 g/mol. The van der Waals surface area contributed by atoms with E-state index in [-0.39, 0.29) is 36.4 Å². The fourth-order valence-corrected chi connectivity index (χ4v) is 4.23. The lowest BCUT2D eigenvalue weighted by Crippen LogP contribution is -2.36. The van der Waals surface area contributed by atoms with Crippen LogP contribution >= 0.6 is 0 Å². The van der Waals surface area contributed by atoms with Crippen molar-refractivity contribution >= 4 is 12.1 Å². The molecule has 0 radical (unpaired) electrons. The molecule has 2 aliphatic heterocycles. The van der Waals surface area contributed by atoms with Crippen molar-refractivity contribution in [1.29, 1.82) is 0 Å². The van der Waals surface area contributed by atoms with Crippen LogP contribution in [0.15, 0.2) is 0 Å². The number of fused-ring (bicyclic) bond motifs is 1. The van der Waals surface area contributed by atoms with Crippen molar-refractivity contribution in [1.82, 2.24) is 4.90 Å². The molecule has 26 heavy (non-hydrogen) atoms. The Hall–Kier alpha value is -1.30. The van der Waals surface area contributed by atoms with Gasteiger partial charge in [-0.1, -0.05) is 32.1 Å². The lowest BCUT2D eigenvalue weighted by molar-refractivity contribution is -0.140. The highest BCUT2D eigenvalue weighted by Crippen LogP contribution is 2.35. The first-order chi connectivity index (χ1) is 12.5. The van der Waals surface area contributed by atoms with Crippen molar-refractivity contribution in [2.24, 2.45) is 0 Å². The molecule has 2 aliphatic rings. The predicted molar refractivity (Wildman–Crippen MR) is 98.8 cm³/mol. The third kappa shape index (κ3) is 6.15. The van der Waals surface area contributed by atoms with E-state index in [1.54, 1.807) is 0 Å². The molecule has 2 heterocycles. The Morgan fingerprint density at radius 2 is 1.88 bits per heavy atom. The molecule has 6 nitrogen and oxygen atoms in total. The number of hydrogen-bond donors (Lipinski definition) is 1. The van der Waals surface area contributed by atoms with Crippen molar-refractivity contribution < 1.29 is 24.2 Å². The quantitative estimate of drug-likeness (QED) is 0.418. The number of carbonyl (C=O) groups is 2. The van der Waals surface area contributed by atoms with Crippen LogP contribution < -0.4 is 0 Å². The van der Waals surface area contributed by atoms with E-state index >= 15 is 0 Å². The minimum Gasteiger partial charge on any atom is -0.469 e. The maximum absolute atomic E-state index is 11.9. The Morgan fingerprint density at radius 1 is 1.19 bits per heavy atom. The van der Waals surface area contributed by atoms with Crippen LogP contribution in [0, 0.1) is 0 Å². The highest BCUT2D eigenvalue weighted by molar-refractivity contribution is 5.71. The highest BCUT2D eigenvalue weighted by atomic mass is 16.6. The van der Waals surface area contributed by atoms with Crippen LogP contribution in [0.1, 0.15) is 84.0 Å². The number of aliphatic hydroxyl groups excluding tert-OH is 1. The van der Waals surface area contributed by atoms with Gasteiger partial charge in [-0.2, -0.15) is 0 Å². The fraction of sp³-hybridized carbons (Fsp3) is 0.900. The van der Waals surface area contributed by atoms with Gasteiger partial charge >= 0.3 is 12.1 Å². The van der Waals surface area contributed by atoms with Gasteiger partial charge in [-0.25, -0.2) is 4.79 Å². The minimum absolute atomic E-state index is 0.00467. The van der Waals surface area contributed by atoms with Gasteiger partial charge in [-0.05, 0) is 45.4 Å². The third-order valence-corrected chi connectivity index (χ3v) is 5.81. The summed E-state index contributed by atoms with van der Waals surface area (Å²) in [6.07, 6.45) is 11.0. The SMILES string of the molecule is COC(=O)CCCCCCCC[C@H](O)CC[C@H]1CC[C@H]2[C@H](C)OC(=O)N12. The van der Waals surface area contributed by atoms with E-state index in [1.807, 2.05) is 11.8 Å². The molecule has 0 aliphatic carbocycles. The molecule has 2 saturated heterocycles. The van der Waals surface area contributed by atoms with Crippen LogP contribution in [0.5, 0.6) is 0 Å². The first kappa shape index (κ1) is 21.0. The van der Waals surface area contributed by atoms with Crippen molar-refractivity contribution in [3.63, 3.8) is 0 Å². The summed E-state index contributed by atoms with van der Waals surface area (Å²) in [7, 11) is 1.43. The molecule has 150 valence electrons. The number of unbranched alkanes of at least 4 members (excludes halogenated alkanes) is 5. The normalized spacial score (nSPS) is 25.9. The largest absolute Gasteiger partial charge is 0.469 e. The van der Waals surface area contributed by atoms with Crippen LogP contribution in [0.4, 0.5) is 4.79 Å². The lowest BCUT2D eigenvalue weighted by atomic mass is 10.0. The molecular weight excluding hydrogens is 334 g/mol. The van der Waals surface area contributed by atoms with Crippen LogP contribution in [0.3, 0.4) is 0 Å². The summed E-state index contributed by atoms with van der Waals surface area (Å²) < 4.78 is 9.92. The Labute approximate surface area is 157 Å². The average Bonchev–Trinajstić information content (AvgIpc) is 3.17. The molecule has 1 amide bonds. The summed E-state index contributed by atoms with van der Waals surface area (Å²) in [5, 5.41) is 10.2. The zero-order valence-corrected chi connectivity index (χ0v) is 16.3. The maximum Gasteiger partial charge on any atom is 0.410 e. The molecule has 6 heteroatoms. The van der Waals surface area contributed by atoms with E-state index in [9.17, 15) is 14.7 Å². The van der Waals surface area contributed by atoms with E-state index in [0.717, 1.165) is 70.6 Å². The van der Waals surface area contributed by atoms with Crippen molar-refractivity contribution in [3.05, 3.63) is 0 Å².